The van der Waals surface area contributed by atoms with Gasteiger partial charge in [-0.2, -0.15) is 0 Å². The van der Waals surface area contributed by atoms with E-state index in [-0.39, 0.29) is 19.7 Å². The molecule has 0 aliphatic carbocycles. The highest BCUT2D eigenvalue weighted by molar-refractivity contribution is 7.93. The lowest BCUT2D eigenvalue weighted by atomic mass is 9.95. The number of aliphatic hydroxyl groups is 1. The van der Waals surface area contributed by atoms with Crippen LogP contribution in [0.5, 0.6) is 0 Å². The van der Waals surface area contributed by atoms with Gasteiger partial charge in [0.2, 0.25) is 9.84 Å². The molecule has 5 aromatic rings. The van der Waals surface area contributed by atoms with E-state index in [1.54, 1.807) is 61.5 Å². The van der Waals surface area contributed by atoms with Crippen LogP contribution in [0.3, 0.4) is 0 Å². The topological polar surface area (TPSA) is 101 Å². The summed E-state index contributed by atoms with van der Waals surface area (Å²) in [5.74, 6) is 0.366. The van der Waals surface area contributed by atoms with Crippen LogP contribution >= 0.6 is 22.9 Å². The van der Waals surface area contributed by atoms with Crippen LogP contribution < -0.4 is 10.3 Å². The maximum atomic E-state index is 13.8. The number of fused-ring (bicyclic) bond motifs is 1. The minimum Gasteiger partial charge on any atom is -0.461 e. The first-order valence-electron chi connectivity index (χ1n) is 11.6. The molecule has 0 aliphatic heterocycles. The van der Waals surface area contributed by atoms with Crippen molar-refractivity contribution >= 4 is 48.9 Å². The summed E-state index contributed by atoms with van der Waals surface area (Å²) in [6.07, 6.45) is 1.26. The maximum Gasteiger partial charge on any atom is 0.217 e. The van der Waals surface area contributed by atoms with E-state index in [0.29, 0.717) is 32.9 Å². The minimum atomic E-state index is -3.82. The van der Waals surface area contributed by atoms with E-state index in [9.17, 15) is 18.3 Å². The number of halogens is 1. The van der Waals surface area contributed by atoms with Gasteiger partial charge in [-0.05, 0) is 61.4 Å². The molecule has 38 heavy (non-hydrogen) atoms. The molecule has 0 aliphatic rings. The molecule has 1 unspecified atom stereocenters. The van der Waals surface area contributed by atoms with Gasteiger partial charge in [0.15, 0.2) is 10.6 Å². The zero-order valence-electron chi connectivity index (χ0n) is 20.5. The zero-order chi connectivity index (χ0) is 27.0. The fourth-order valence-corrected chi connectivity index (χ4v) is 7.16. The van der Waals surface area contributed by atoms with E-state index in [4.69, 9.17) is 16.0 Å². The first-order chi connectivity index (χ1) is 18.2. The van der Waals surface area contributed by atoms with E-state index in [1.165, 1.54) is 23.2 Å². The van der Waals surface area contributed by atoms with Crippen LogP contribution in [0, 0.1) is 13.8 Å². The largest absolute Gasteiger partial charge is 0.461 e. The Balaban J connectivity index is 1.70. The molecule has 0 radical (unpaired) electrons. The van der Waals surface area contributed by atoms with Gasteiger partial charge >= 0.3 is 0 Å². The summed E-state index contributed by atoms with van der Waals surface area (Å²) in [5.41, 5.74) is 2.05. The lowest BCUT2D eigenvalue weighted by molar-refractivity contribution is 0.281. The highest BCUT2D eigenvalue weighted by Gasteiger charge is 2.32. The number of aromatic nitrogens is 1. The van der Waals surface area contributed by atoms with E-state index in [2.05, 4.69) is 4.98 Å². The molecule has 2 heterocycles. The summed E-state index contributed by atoms with van der Waals surface area (Å²) in [6, 6.07) is 19.5. The molecule has 2 aromatic heterocycles. The van der Waals surface area contributed by atoms with Gasteiger partial charge < -0.3 is 14.4 Å². The van der Waals surface area contributed by atoms with Gasteiger partial charge in [-0.1, -0.05) is 59.3 Å². The van der Waals surface area contributed by atoms with Gasteiger partial charge in [0.1, 0.15) is 22.3 Å². The second kappa shape index (κ2) is 10.3. The molecule has 0 saturated carbocycles. The third kappa shape index (κ3) is 4.74. The number of hydrogen-bond acceptors (Lipinski definition) is 8. The Labute approximate surface area is 228 Å². The van der Waals surface area contributed by atoms with E-state index in [1.807, 2.05) is 13.0 Å². The molecule has 1 atom stereocenters. The van der Waals surface area contributed by atoms with E-state index < -0.39 is 22.6 Å². The predicted molar refractivity (Wildman–Crippen MR) is 149 cm³/mol. The summed E-state index contributed by atoms with van der Waals surface area (Å²) in [5, 5.41) is 11.6. The number of aryl methyl sites for hydroxylation is 2. The molecule has 0 saturated heterocycles. The number of nitrogens with zero attached hydrogens (tertiary/aromatic N) is 2. The van der Waals surface area contributed by atoms with Crippen LogP contribution in [0.4, 0.5) is 5.13 Å². The molecule has 7 nitrogen and oxygen atoms in total. The van der Waals surface area contributed by atoms with Crippen LogP contribution in [0.2, 0.25) is 5.02 Å². The van der Waals surface area contributed by atoms with Crippen LogP contribution in [-0.4, -0.2) is 25.2 Å². The SMILES string of the molecule is Cc1ccc2c(=O)c(C(c3cccc(Cl)c3)N(CO)c3ncc(S(=O)(=O)c4ccccc4)s3)c(C)oc2c1. The maximum absolute atomic E-state index is 13.8. The predicted octanol–water partition coefficient (Wildman–Crippen LogP) is 5.90. The third-order valence-electron chi connectivity index (χ3n) is 6.21. The van der Waals surface area contributed by atoms with Gasteiger partial charge in [-0.3, -0.25) is 4.79 Å². The quantitative estimate of drug-likeness (QED) is 0.245. The minimum absolute atomic E-state index is 0.0136. The Hall–Kier alpha value is -3.50. The molecule has 0 fully saturated rings. The standard InChI is InChI=1S/C28H23ClN2O5S2/c1-17-11-12-22-23(13-17)36-18(2)25(27(22)33)26(19-7-6-8-20(29)14-19)31(16-32)28-30-15-24(37-28)38(34,35)21-9-4-3-5-10-21/h3-15,26,32H,16H2,1-2H3. The van der Waals surface area contributed by atoms with Crippen molar-refractivity contribution in [2.24, 2.45) is 0 Å². The molecule has 194 valence electrons. The molecule has 3 aromatic carbocycles. The number of anilines is 1. The van der Waals surface area contributed by atoms with Gasteiger partial charge in [0.05, 0.1) is 28.1 Å². The summed E-state index contributed by atoms with van der Waals surface area (Å²) in [7, 11) is -3.82. The fourth-order valence-electron chi connectivity index (χ4n) is 4.40. The van der Waals surface area contributed by atoms with Crippen molar-refractivity contribution in [2.75, 3.05) is 11.6 Å². The Morgan fingerprint density at radius 2 is 1.82 bits per heavy atom. The Morgan fingerprint density at radius 3 is 2.53 bits per heavy atom. The van der Waals surface area contributed by atoms with Crippen molar-refractivity contribution in [3.8, 4) is 0 Å². The first-order valence-corrected chi connectivity index (χ1v) is 14.3. The lowest BCUT2D eigenvalue weighted by Gasteiger charge is -2.30. The van der Waals surface area contributed by atoms with Crippen molar-refractivity contribution in [2.45, 2.75) is 29.0 Å². The average molecular weight is 567 g/mol. The molecule has 5 rings (SSSR count). The molecule has 10 heteroatoms. The first kappa shape index (κ1) is 26.1. The summed E-state index contributed by atoms with van der Waals surface area (Å²) >= 11 is 7.23. The highest BCUT2D eigenvalue weighted by atomic mass is 35.5. The molecule has 0 amide bonds. The van der Waals surface area contributed by atoms with Gasteiger partial charge in [0, 0.05) is 5.02 Å². The van der Waals surface area contributed by atoms with E-state index in [0.717, 1.165) is 16.9 Å². The van der Waals surface area contributed by atoms with Crippen molar-refractivity contribution in [3.05, 3.63) is 117 Å². The number of sulfone groups is 1. The smallest absolute Gasteiger partial charge is 0.217 e. The van der Waals surface area contributed by atoms with Crippen molar-refractivity contribution in [3.63, 3.8) is 0 Å². The second-order valence-electron chi connectivity index (χ2n) is 8.75. The van der Waals surface area contributed by atoms with Crippen molar-refractivity contribution < 1.29 is 17.9 Å². The number of aliphatic hydroxyl groups excluding tert-OH is 1. The summed E-state index contributed by atoms with van der Waals surface area (Å²) in [4.78, 5) is 19.8. The Kier molecular flexibility index (Phi) is 7.11. The number of benzene rings is 3. The van der Waals surface area contributed by atoms with Gasteiger partial charge in [-0.25, -0.2) is 13.4 Å². The highest BCUT2D eigenvalue weighted by Crippen LogP contribution is 2.38. The number of hydrogen-bond donors (Lipinski definition) is 1. The molecule has 0 spiro atoms. The Bertz CT molecular complexity index is 1800. The zero-order valence-corrected chi connectivity index (χ0v) is 22.8. The van der Waals surface area contributed by atoms with Crippen LogP contribution in [-0.2, 0) is 9.84 Å². The second-order valence-corrected chi connectivity index (χ2v) is 12.4. The molecular weight excluding hydrogens is 544 g/mol. The average Bonchev–Trinajstić information content (AvgIpc) is 3.39. The summed E-state index contributed by atoms with van der Waals surface area (Å²) in [6.45, 7) is 3.05. The van der Waals surface area contributed by atoms with Crippen LogP contribution in [0.1, 0.15) is 28.5 Å². The van der Waals surface area contributed by atoms with E-state index >= 15 is 0 Å². The normalized spacial score (nSPS) is 12.5. The van der Waals surface area contributed by atoms with Gasteiger partial charge in [0.25, 0.3) is 0 Å². The van der Waals surface area contributed by atoms with Gasteiger partial charge in [-0.15, -0.1) is 0 Å². The molecular formula is C28H23ClN2O5S2. The lowest BCUT2D eigenvalue weighted by Crippen LogP contribution is -2.34. The van der Waals surface area contributed by atoms with Crippen molar-refractivity contribution in [1.82, 2.24) is 4.98 Å². The third-order valence-corrected chi connectivity index (χ3v) is 9.71. The number of thiazole rings is 1. The summed E-state index contributed by atoms with van der Waals surface area (Å²) < 4.78 is 32.5. The van der Waals surface area contributed by atoms with Crippen molar-refractivity contribution in [1.29, 1.82) is 0 Å². The monoisotopic (exact) mass is 566 g/mol. The molecule has 1 N–H and O–H groups in total. The van der Waals surface area contributed by atoms with Crippen LogP contribution in [0.25, 0.3) is 11.0 Å². The molecule has 0 bridgehead atoms. The van der Waals surface area contributed by atoms with Crippen LogP contribution in [0.15, 0.2) is 97.3 Å². The number of rotatable bonds is 7. The fraction of sp³-hybridized carbons (Fsp3) is 0.143. The Morgan fingerprint density at radius 1 is 1.05 bits per heavy atom.